The molecule has 0 aromatic carbocycles. The third kappa shape index (κ3) is 4.26. The minimum Gasteiger partial charge on any atom is -0.379 e. The van der Waals surface area contributed by atoms with E-state index >= 15 is 0 Å². The van der Waals surface area contributed by atoms with Crippen LogP contribution in [-0.2, 0) is 4.74 Å². The van der Waals surface area contributed by atoms with Gasteiger partial charge >= 0.3 is 0 Å². The van der Waals surface area contributed by atoms with Crippen LogP contribution in [-0.4, -0.2) is 36.7 Å². The van der Waals surface area contributed by atoms with E-state index in [1.54, 1.807) is 0 Å². The molecular weight excluding hydrogens is 210 g/mol. The lowest BCUT2D eigenvalue weighted by Gasteiger charge is -2.47. The van der Waals surface area contributed by atoms with Gasteiger partial charge in [0.25, 0.3) is 0 Å². The van der Waals surface area contributed by atoms with Gasteiger partial charge in [-0.15, -0.1) is 0 Å². The molecular formula is C15H31NO. The van der Waals surface area contributed by atoms with Crippen molar-refractivity contribution < 1.29 is 4.74 Å². The van der Waals surface area contributed by atoms with E-state index < -0.39 is 0 Å². The second kappa shape index (κ2) is 8.10. The molecule has 2 nitrogen and oxygen atoms in total. The van der Waals surface area contributed by atoms with Crippen molar-refractivity contribution in [3.63, 3.8) is 0 Å². The van der Waals surface area contributed by atoms with Gasteiger partial charge in [0.1, 0.15) is 0 Å². The predicted molar refractivity (Wildman–Crippen MR) is 74.5 cm³/mol. The molecule has 0 aromatic rings. The molecule has 0 atom stereocenters. The van der Waals surface area contributed by atoms with Crippen LogP contribution in [0.5, 0.6) is 0 Å². The van der Waals surface area contributed by atoms with Crippen molar-refractivity contribution in [3.05, 3.63) is 0 Å². The Morgan fingerprint density at radius 2 is 1.47 bits per heavy atom. The minimum absolute atomic E-state index is 0.544. The molecule has 102 valence electrons. The van der Waals surface area contributed by atoms with Gasteiger partial charge in [-0.25, -0.2) is 0 Å². The first-order chi connectivity index (χ1) is 8.29. The van der Waals surface area contributed by atoms with Crippen LogP contribution in [0.15, 0.2) is 0 Å². The molecule has 1 heterocycles. The van der Waals surface area contributed by atoms with E-state index in [9.17, 15) is 0 Å². The molecule has 1 saturated carbocycles. The van der Waals surface area contributed by atoms with E-state index in [0.717, 1.165) is 26.3 Å². The fourth-order valence-electron chi connectivity index (χ4n) is 3.14. The van der Waals surface area contributed by atoms with Gasteiger partial charge < -0.3 is 4.74 Å². The summed E-state index contributed by atoms with van der Waals surface area (Å²) in [6.45, 7) is 10.8. The van der Waals surface area contributed by atoms with Crippen LogP contribution in [0.3, 0.4) is 0 Å². The van der Waals surface area contributed by atoms with Gasteiger partial charge in [-0.2, -0.15) is 0 Å². The maximum atomic E-state index is 5.44. The first-order valence-corrected chi connectivity index (χ1v) is 7.62. The van der Waals surface area contributed by atoms with E-state index in [2.05, 4.69) is 25.7 Å². The van der Waals surface area contributed by atoms with E-state index in [1.165, 1.54) is 44.9 Å². The summed E-state index contributed by atoms with van der Waals surface area (Å²) >= 11 is 0. The van der Waals surface area contributed by atoms with Crippen molar-refractivity contribution in [2.45, 2.75) is 71.3 Å². The topological polar surface area (TPSA) is 12.5 Å². The highest BCUT2D eigenvalue weighted by atomic mass is 16.5. The van der Waals surface area contributed by atoms with E-state index in [0.29, 0.717) is 5.54 Å². The van der Waals surface area contributed by atoms with Crippen molar-refractivity contribution >= 4 is 0 Å². The molecule has 0 amide bonds. The fourth-order valence-corrected chi connectivity index (χ4v) is 3.14. The number of hydrogen-bond acceptors (Lipinski definition) is 2. The SMILES string of the molecule is CCC.CCC1(N2CCOCC2)CCCCC1. The highest BCUT2D eigenvalue weighted by molar-refractivity contribution is 4.92. The summed E-state index contributed by atoms with van der Waals surface area (Å²) in [5.74, 6) is 0. The van der Waals surface area contributed by atoms with Gasteiger partial charge in [0, 0.05) is 18.6 Å². The number of hydrogen-bond donors (Lipinski definition) is 0. The largest absolute Gasteiger partial charge is 0.379 e. The molecule has 1 saturated heterocycles. The van der Waals surface area contributed by atoms with E-state index in [4.69, 9.17) is 4.74 Å². The highest BCUT2D eigenvalue weighted by Gasteiger charge is 2.36. The van der Waals surface area contributed by atoms with Gasteiger partial charge in [0.15, 0.2) is 0 Å². The van der Waals surface area contributed by atoms with Crippen LogP contribution in [0, 0.1) is 0 Å². The summed E-state index contributed by atoms with van der Waals surface area (Å²) in [7, 11) is 0. The molecule has 0 N–H and O–H groups in total. The first kappa shape index (κ1) is 15.0. The molecule has 0 bridgehead atoms. The predicted octanol–water partition coefficient (Wildman–Crippen LogP) is 3.85. The first-order valence-electron chi connectivity index (χ1n) is 7.62. The summed E-state index contributed by atoms with van der Waals surface area (Å²) in [4.78, 5) is 2.70. The van der Waals surface area contributed by atoms with E-state index in [1.807, 2.05) is 0 Å². The molecule has 2 fully saturated rings. The van der Waals surface area contributed by atoms with Crippen molar-refractivity contribution in [2.75, 3.05) is 26.3 Å². The zero-order valence-corrected chi connectivity index (χ0v) is 12.1. The lowest BCUT2D eigenvalue weighted by Crippen LogP contribution is -2.54. The fraction of sp³-hybridized carbons (Fsp3) is 1.00. The molecule has 0 unspecified atom stereocenters. The zero-order valence-electron chi connectivity index (χ0n) is 12.1. The van der Waals surface area contributed by atoms with Crippen LogP contribution >= 0.6 is 0 Å². The zero-order chi connectivity index (χ0) is 12.6. The summed E-state index contributed by atoms with van der Waals surface area (Å²) in [6.07, 6.45) is 9.74. The Hall–Kier alpha value is -0.0800. The Bertz CT molecular complexity index is 181. The second-order valence-electron chi connectivity index (χ2n) is 5.45. The number of nitrogens with zero attached hydrogens (tertiary/aromatic N) is 1. The molecule has 1 aliphatic carbocycles. The van der Waals surface area contributed by atoms with Gasteiger partial charge in [0.05, 0.1) is 13.2 Å². The average molecular weight is 241 g/mol. The van der Waals surface area contributed by atoms with Gasteiger partial charge in [-0.1, -0.05) is 46.5 Å². The summed E-state index contributed by atoms with van der Waals surface area (Å²) in [5.41, 5.74) is 0.544. The monoisotopic (exact) mass is 241 g/mol. The normalized spacial score (nSPS) is 24.9. The number of rotatable bonds is 2. The molecule has 0 spiro atoms. The third-order valence-corrected chi connectivity index (χ3v) is 4.12. The van der Waals surface area contributed by atoms with Crippen LogP contribution in [0.1, 0.15) is 65.7 Å². The second-order valence-corrected chi connectivity index (χ2v) is 5.45. The third-order valence-electron chi connectivity index (χ3n) is 4.12. The van der Waals surface area contributed by atoms with Crippen molar-refractivity contribution in [3.8, 4) is 0 Å². The quantitative estimate of drug-likeness (QED) is 0.728. The van der Waals surface area contributed by atoms with Gasteiger partial charge in [0.2, 0.25) is 0 Å². The van der Waals surface area contributed by atoms with Crippen molar-refractivity contribution in [2.24, 2.45) is 0 Å². The number of morpholine rings is 1. The van der Waals surface area contributed by atoms with Crippen LogP contribution in [0.4, 0.5) is 0 Å². The number of ether oxygens (including phenoxy) is 1. The molecule has 0 aromatic heterocycles. The lowest BCUT2D eigenvalue weighted by molar-refractivity contribution is -0.0390. The standard InChI is InChI=1S/C12H23NO.C3H8/c1-2-12(6-4-3-5-7-12)13-8-10-14-11-9-13;1-3-2/h2-11H2,1H3;3H2,1-2H3. The molecule has 1 aliphatic heterocycles. The van der Waals surface area contributed by atoms with Crippen LogP contribution in [0.2, 0.25) is 0 Å². The molecule has 2 rings (SSSR count). The Balaban J connectivity index is 0.000000437. The summed E-state index contributed by atoms with van der Waals surface area (Å²) in [5, 5.41) is 0. The minimum atomic E-state index is 0.544. The summed E-state index contributed by atoms with van der Waals surface area (Å²) in [6, 6.07) is 0. The molecule has 17 heavy (non-hydrogen) atoms. The molecule has 2 aliphatic rings. The Labute approximate surface area is 108 Å². The smallest absolute Gasteiger partial charge is 0.0594 e. The Kier molecular flexibility index (Phi) is 7.14. The van der Waals surface area contributed by atoms with Crippen LogP contribution < -0.4 is 0 Å². The van der Waals surface area contributed by atoms with Crippen LogP contribution in [0.25, 0.3) is 0 Å². The van der Waals surface area contributed by atoms with Gasteiger partial charge in [-0.3, -0.25) is 4.90 Å². The Morgan fingerprint density at radius 1 is 0.941 bits per heavy atom. The maximum Gasteiger partial charge on any atom is 0.0594 e. The van der Waals surface area contributed by atoms with Crippen molar-refractivity contribution in [1.29, 1.82) is 0 Å². The maximum absolute atomic E-state index is 5.44. The molecule has 2 heteroatoms. The molecule has 0 radical (unpaired) electrons. The lowest BCUT2D eigenvalue weighted by atomic mass is 9.78. The van der Waals surface area contributed by atoms with E-state index in [-0.39, 0.29) is 0 Å². The van der Waals surface area contributed by atoms with Crippen molar-refractivity contribution in [1.82, 2.24) is 4.90 Å². The highest BCUT2D eigenvalue weighted by Crippen LogP contribution is 2.36. The van der Waals surface area contributed by atoms with Gasteiger partial charge in [-0.05, 0) is 19.3 Å². The average Bonchev–Trinajstić information content (AvgIpc) is 2.41. The summed E-state index contributed by atoms with van der Waals surface area (Å²) < 4.78 is 5.44. The Morgan fingerprint density at radius 3 is 1.94 bits per heavy atom.